The summed E-state index contributed by atoms with van der Waals surface area (Å²) in [7, 11) is 0. The zero-order chi connectivity index (χ0) is 24.8. The van der Waals surface area contributed by atoms with Crippen molar-refractivity contribution < 1.29 is 34.1 Å². The van der Waals surface area contributed by atoms with Crippen molar-refractivity contribution in [2.24, 2.45) is 0 Å². The number of aliphatic hydroxyl groups excluding tert-OH is 2. The first-order chi connectivity index (χ1) is 16.4. The Balaban J connectivity index is 1.50. The van der Waals surface area contributed by atoms with Gasteiger partial charge >= 0.3 is 5.97 Å². The second-order valence-electron chi connectivity index (χ2n) is 9.48. The maximum absolute atomic E-state index is 12.0. The molecule has 2 rings (SSSR count). The lowest BCUT2D eigenvalue weighted by atomic mass is 10.0. The van der Waals surface area contributed by atoms with Crippen molar-refractivity contribution in [3.8, 4) is 0 Å². The van der Waals surface area contributed by atoms with E-state index >= 15 is 0 Å². The summed E-state index contributed by atoms with van der Waals surface area (Å²) in [5.41, 5.74) is 0. The van der Waals surface area contributed by atoms with Crippen molar-refractivity contribution in [2.45, 2.75) is 128 Å². The number of carbonyl (C=O) groups excluding carboxylic acids is 3. The van der Waals surface area contributed by atoms with Crippen LogP contribution in [0.1, 0.15) is 103 Å². The molecule has 0 saturated carbocycles. The third-order valence-electron chi connectivity index (χ3n) is 6.54. The van der Waals surface area contributed by atoms with E-state index in [0.29, 0.717) is 6.42 Å². The molecule has 2 aliphatic rings. The van der Waals surface area contributed by atoms with E-state index in [4.69, 9.17) is 9.47 Å². The van der Waals surface area contributed by atoms with E-state index in [0.717, 1.165) is 24.2 Å². The number of hydrogen-bond acceptors (Lipinski definition) is 7. The highest BCUT2D eigenvalue weighted by Gasteiger charge is 2.47. The molecule has 2 N–H and O–H groups in total. The highest BCUT2D eigenvalue weighted by Crippen LogP contribution is 2.26. The van der Waals surface area contributed by atoms with Gasteiger partial charge in [-0.3, -0.25) is 19.3 Å². The van der Waals surface area contributed by atoms with Crippen molar-refractivity contribution in [1.82, 2.24) is 4.90 Å². The molecule has 0 aliphatic carbocycles. The van der Waals surface area contributed by atoms with Gasteiger partial charge < -0.3 is 19.7 Å². The molecular formula is C26H43NO7. The standard InChI is InChI=1S/C26H43NO7/c1-2-3-4-5-6-7-8-9-10-11-12-13-14-15-23(30)33-19-21-24(31)25(32)26(34-21)27-17-16-20(28)18-22(27)29/h16-17,21,24-26,31-32H,2-15,18-19H2,1H3. The molecule has 0 radical (unpaired) electrons. The van der Waals surface area contributed by atoms with Crippen LogP contribution >= 0.6 is 0 Å². The second kappa shape index (κ2) is 16.0. The summed E-state index contributed by atoms with van der Waals surface area (Å²) < 4.78 is 10.8. The molecule has 0 aromatic rings. The number of ketones is 1. The summed E-state index contributed by atoms with van der Waals surface area (Å²) >= 11 is 0. The number of nitrogens with zero attached hydrogens (tertiary/aromatic N) is 1. The SMILES string of the molecule is CCCCCCCCCCCCCCCC(=O)OCC1OC(N2C=CC(=O)CC2=O)C(O)C1O. The average molecular weight is 482 g/mol. The highest BCUT2D eigenvalue weighted by molar-refractivity contribution is 6.06. The maximum atomic E-state index is 12.0. The Hall–Kier alpha value is -1.77. The van der Waals surface area contributed by atoms with Gasteiger partial charge in [0, 0.05) is 12.6 Å². The number of aliphatic hydroxyl groups is 2. The van der Waals surface area contributed by atoms with Crippen LogP contribution in [0.25, 0.3) is 0 Å². The number of carbonyl (C=O) groups is 3. The van der Waals surface area contributed by atoms with Crippen LogP contribution in [0.4, 0.5) is 0 Å². The topological polar surface area (TPSA) is 113 Å². The Morgan fingerprint density at radius 1 is 0.941 bits per heavy atom. The molecule has 2 heterocycles. The molecule has 1 amide bonds. The first-order valence-electron chi connectivity index (χ1n) is 13.1. The van der Waals surface area contributed by atoms with E-state index in [2.05, 4.69) is 6.92 Å². The van der Waals surface area contributed by atoms with Crippen LogP contribution < -0.4 is 0 Å². The van der Waals surface area contributed by atoms with E-state index in [1.165, 1.54) is 76.5 Å². The molecule has 0 spiro atoms. The molecule has 0 aromatic carbocycles. The lowest BCUT2D eigenvalue weighted by molar-refractivity contribution is -0.156. The number of amides is 1. The van der Waals surface area contributed by atoms with Gasteiger partial charge in [-0.15, -0.1) is 0 Å². The predicted octanol–water partition coefficient (Wildman–Crippen LogP) is 3.77. The van der Waals surface area contributed by atoms with Gasteiger partial charge in [-0.2, -0.15) is 0 Å². The smallest absolute Gasteiger partial charge is 0.305 e. The molecule has 1 fully saturated rings. The molecule has 4 atom stereocenters. The van der Waals surface area contributed by atoms with E-state index < -0.39 is 30.4 Å². The summed E-state index contributed by atoms with van der Waals surface area (Å²) in [4.78, 5) is 36.5. The van der Waals surface area contributed by atoms with Gasteiger partial charge in [0.2, 0.25) is 5.91 Å². The van der Waals surface area contributed by atoms with E-state index in [1.54, 1.807) is 0 Å². The van der Waals surface area contributed by atoms with Gasteiger partial charge in [0.1, 0.15) is 24.9 Å². The Morgan fingerprint density at radius 2 is 1.50 bits per heavy atom. The molecule has 34 heavy (non-hydrogen) atoms. The van der Waals surface area contributed by atoms with Gasteiger partial charge in [-0.25, -0.2) is 0 Å². The fraction of sp³-hybridized carbons (Fsp3) is 0.808. The summed E-state index contributed by atoms with van der Waals surface area (Å²) in [5, 5.41) is 20.4. The molecule has 0 bridgehead atoms. The van der Waals surface area contributed by atoms with Crippen molar-refractivity contribution in [3.63, 3.8) is 0 Å². The second-order valence-corrected chi connectivity index (χ2v) is 9.48. The maximum Gasteiger partial charge on any atom is 0.305 e. The minimum absolute atomic E-state index is 0.198. The quantitative estimate of drug-likeness (QED) is 0.185. The first kappa shape index (κ1) is 28.5. The fourth-order valence-electron chi connectivity index (χ4n) is 4.40. The average Bonchev–Trinajstić information content (AvgIpc) is 3.09. The van der Waals surface area contributed by atoms with Gasteiger partial charge in [-0.05, 0) is 12.5 Å². The van der Waals surface area contributed by atoms with Crippen LogP contribution in [0.2, 0.25) is 0 Å². The van der Waals surface area contributed by atoms with Gasteiger partial charge in [0.05, 0.1) is 6.42 Å². The summed E-state index contributed by atoms with van der Waals surface area (Å²) in [5.74, 6) is -1.20. The zero-order valence-electron chi connectivity index (χ0n) is 20.7. The predicted molar refractivity (Wildman–Crippen MR) is 128 cm³/mol. The summed E-state index contributed by atoms with van der Waals surface area (Å²) in [6, 6.07) is 0. The van der Waals surface area contributed by atoms with E-state index in [1.807, 2.05) is 0 Å². The van der Waals surface area contributed by atoms with Crippen LogP contribution in [-0.2, 0) is 23.9 Å². The summed E-state index contributed by atoms with van der Waals surface area (Å²) in [6.45, 7) is 2.04. The minimum Gasteiger partial charge on any atom is -0.463 e. The number of esters is 1. The minimum atomic E-state index is -1.36. The monoisotopic (exact) mass is 481 g/mol. The van der Waals surface area contributed by atoms with Crippen LogP contribution in [0.3, 0.4) is 0 Å². The van der Waals surface area contributed by atoms with Crippen molar-refractivity contribution in [2.75, 3.05) is 6.61 Å². The molecule has 8 heteroatoms. The van der Waals surface area contributed by atoms with Crippen LogP contribution in [0.15, 0.2) is 12.3 Å². The summed E-state index contributed by atoms with van der Waals surface area (Å²) in [6.07, 6.45) is 13.8. The zero-order valence-corrected chi connectivity index (χ0v) is 20.7. The van der Waals surface area contributed by atoms with Gasteiger partial charge in [-0.1, -0.05) is 84.0 Å². The molecule has 0 aromatic heterocycles. The number of allylic oxidation sites excluding steroid dienone is 1. The Kier molecular flexibility index (Phi) is 13.4. The number of ether oxygens (including phenoxy) is 2. The highest BCUT2D eigenvalue weighted by atomic mass is 16.6. The normalized spacial score (nSPS) is 24.7. The van der Waals surface area contributed by atoms with Crippen molar-refractivity contribution in [3.05, 3.63) is 12.3 Å². The van der Waals surface area contributed by atoms with Crippen LogP contribution in [0, 0.1) is 0 Å². The Morgan fingerprint density at radius 3 is 2.06 bits per heavy atom. The number of unbranched alkanes of at least 4 members (excludes halogenated alkanes) is 12. The number of rotatable bonds is 17. The van der Waals surface area contributed by atoms with Crippen molar-refractivity contribution in [1.29, 1.82) is 0 Å². The van der Waals surface area contributed by atoms with Crippen molar-refractivity contribution >= 4 is 17.7 Å². The molecule has 1 saturated heterocycles. The lowest BCUT2D eigenvalue weighted by Gasteiger charge is -2.28. The fourth-order valence-corrected chi connectivity index (χ4v) is 4.40. The van der Waals surface area contributed by atoms with E-state index in [9.17, 15) is 24.6 Å². The van der Waals surface area contributed by atoms with Crippen LogP contribution in [-0.4, -0.2) is 63.9 Å². The Bertz CT molecular complexity index is 666. The molecule has 194 valence electrons. The molecular weight excluding hydrogens is 438 g/mol. The molecule has 2 aliphatic heterocycles. The Labute approximate surface area is 203 Å². The number of hydrogen-bond donors (Lipinski definition) is 2. The third kappa shape index (κ3) is 9.84. The first-order valence-corrected chi connectivity index (χ1v) is 13.1. The van der Waals surface area contributed by atoms with E-state index in [-0.39, 0.29) is 24.8 Å². The van der Waals surface area contributed by atoms with Gasteiger partial charge in [0.25, 0.3) is 0 Å². The largest absolute Gasteiger partial charge is 0.463 e. The van der Waals surface area contributed by atoms with Gasteiger partial charge in [0.15, 0.2) is 12.0 Å². The third-order valence-corrected chi connectivity index (χ3v) is 6.54. The molecule has 4 unspecified atom stereocenters. The van der Waals surface area contributed by atoms with Crippen LogP contribution in [0.5, 0.6) is 0 Å². The lowest BCUT2D eigenvalue weighted by Crippen LogP contribution is -2.46. The molecule has 8 nitrogen and oxygen atoms in total.